The van der Waals surface area contributed by atoms with Gasteiger partial charge in [-0.3, -0.25) is 19.4 Å². The molecule has 3 rings (SSSR count). The third-order valence-corrected chi connectivity index (χ3v) is 4.44. The first-order chi connectivity index (χ1) is 12.0. The van der Waals surface area contributed by atoms with Crippen LogP contribution in [0.3, 0.4) is 0 Å². The van der Waals surface area contributed by atoms with Crippen LogP contribution in [-0.2, 0) is 11.2 Å². The van der Waals surface area contributed by atoms with E-state index in [4.69, 9.17) is 0 Å². The number of nitrogens with zero attached hydrogens (tertiary/aromatic N) is 1. The molecule has 1 amide bonds. The summed E-state index contributed by atoms with van der Waals surface area (Å²) in [5, 5.41) is 0. The normalized spacial score (nSPS) is 17.3. The first-order valence-corrected chi connectivity index (χ1v) is 8.22. The molecule has 1 fully saturated rings. The minimum absolute atomic E-state index is 0.0417. The van der Waals surface area contributed by atoms with E-state index in [0.29, 0.717) is 18.7 Å². The van der Waals surface area contributed by atoms with Gasteiger partial charge in [0.05, 0.1) is 6.42 Å². The van der Waals surface area contributed by atoms with Crippen molar-refractivity contribution in [3.05, 3.63) is 68.5 Å². The van der Waals surface area contributed by atoms with Gasteiger partial charge in [0, 0.05) is 36.3 Å². The van der Waals surface area contributed by atoms with Crippen LogP contribution in [0.2, 0.25) is 0 Å². The summed E-state index contributed by atoms with van der Waals surface area (Å²) >= 11 is 0. The summed E-state index contributed by atoms with van der Waals surface area (Å²) in [5.74, 6) is -0.405. The molecule has 25 heavy (non-hydrogen) atoms. The van der Waals surface area contributed by atoms with E-state index in [1.54, 1.807) is 17.0 Å². The Morgan fingerprint density at radius 2 is 1.92 bits per heavy atom. The van der Waals surface area contributed by atoms with Crippen molar-refractivity contribution in [2.45, 2.75) is 19.3 Å². The summed E-state index contributed by atoms with van der Waals surface area (Å²) in [5.41, 5.74) is -0.307. The number of piperidine rings is 1. The van der Waals surface area contributed by atoms with Crippen LogP contribution in [0.15, 0.2) is 46.1 Å². The van der Waals surface area contributed by atoms with Gasteiger partial charge in [0.1, 0.15) is 0 Å². The monoisotopic (exact) mass is 341 g/mol. The van der Waals surface area contributed by atoms with Gasteiger partial charge in [-0.25, -0.2) is 4.79 Å². The smallest absolute Gasteiger partial charge is 0.325 e. The maximum absolute atomic E-state index is 12.6. The van der Waals surface area contributed by atoms with E-state index < -0.39 is 11.2 Å². The van der Waals surface area contributed by atoms with Crippen LogP contribution >= 0.6 is 0 Å². The third kappa shape index (κ3) is 3.93. The number of aromatic amines is 2. The summed E-state index contributed by atoms with van der Waals surface area (Å²) in [6, 6.07) is 9.06. The fourth-order valence-electron chi connectivity index (χ4n) is 3.10. The maximum atomic E-state index is 12.6. The molecule has 2 aromatic rings. The molecule has 130 valence electrons. The van der Waals surface area contributed by atoms with Gasteiger partial charge in [0.25, 0.3) is 5.56 Å². The van der Waals surface area contributed by atoms with Crippen molar-refractivity contribution in [2.75, 3.05) is 13.1 Å². The van der Waals surface area contributed by atoms with Crippen molar-refractivity contribution in [1.29, 1.82) is 0 Å². The van der Waals surface area contributed by atoms with E-state index in [0.717, 1.165) is 12.8 Å². The molecular formula is C18H19N3O4. The molecule has 1 saturated heterocycles. The van der Waals surface area contributed by atoms with Gasteiger partial charge in [0.2, 0.25) is 5.91 Å². The van der Waals surface area contributed by atoms with Crippen LogP contribution in [0, 0.1) is 5.92 Å². The molecule has 2 N–H and O–H groups in total. The van der Waals surface area contributed by atoms with Crippen LogP contribution in [0.4, 0.5) is 0 Å². The lowest BCUT2D eigenvalue weighted by atomic mass is 9.90. The lowest BCUT2D eigenvalue weighted by molar-refractivity contribution is -0.131. The summed E-state index contributed by atoms with van der Waals surface area (Å²) < 4.78 is 0. The van der Waals surface area contributed by atoms with Crippen molar-refractivity contribution in [2.24, 2.45) is 5.92 Å². The van der Waals surface area contributed by atoms with Gasteiger partial charge in [0.15, 0.2) is 5.78 Å². The highest BCUT2D eigenvalue weighted by Gasteiger charge is 2.29. The van der Waals surface area contributed by atoms with E-state index >= 15 is 0 Å². The Morgan fingerprint density at radius 1 is 1.16 bits per heavy atom. The van der Waals surface area contributed by atoms with Crippen LogP contribution < -0.4 is 11.2 Å². The lowest BCUT2D eigenvalue weighted by Crippen LogP contribution is -2.43. The summed E-state index contributed by atoms with van der Waals surface area (Å²) in [4.78, 5) is 53.9. The molecule has 1 aliphatic rings. The topological polar surface area (TPSA) is 103 Å². The van der Waals surface area contributed by atoms with Crippen molar-refractivity contribution < 1.29 is 9.59 Å². The molecule has 1 aliphatic heterocycles. The molecule has 1 aromatic carbocycles. The quantitative estimate of drug-likeness (QED) is 0.800. The van der Waals surface area contributed by atoms with Gasteiger partial charge in [-0.1, -0.05) is 30.3 Å². The largest absolute Gasteiger partial charge is 0.342 e. The number of carbonyl (C=O) groups is 2. The molecule has 0 unspecified atom stereocenters. The van der Waals surface area contributed by atoms with Crippen LogP contribution in [0.1, 0.15) is 28.8 Å². The number of hydrogen-bond donors (Lipinski definition) is 2. The molecule has 2 heterocycles. The average Bonchev–Trinajstić information content (AvgIpc) is 2.64. The number of likely N-dealkylation sites (tertiary alicyclic amines) is 1. The van der Waals surface area contributed by atoms with Gasteiger partial charge < -0.3 is 9.88 Å². The maximum Gasteiger partial charge on any atom is 0.325 e. The van der Waals surface area contributed by atoms with E-state index in [-0.39, 0.29) is 29.6 Å². The highest BCUT2D eigenvalue weighted by molar-refractivity contribution is 5.98. The Balaban J connectivity index is 1.68. The van der Waals surface area contributed by atoms with Crippen molar-refractivity contribution in [3.63, 3.8) is 0 Å². The van der Waals surface area contributed by atoms with Crippen LogP contribution in [0.25, 0.3) is 0 Å². The fourth-order valence-corrected chi connectivity index (χ4v) is 3.10. The number of nitrogens with one attached hydrogen (secondary N) is 2. The summed E-state index contributed by atoms with van der Waals surface area (Å²) in [6.45, 7) is 0.923. The molecule has 0 spiro atoms. The number of carbonyl (C=O) groups excluding carboxylic acids is 2. The number of amides is 1. The molecule has 7 heteroatoms. The van der Waals surface area contributed by atoms with E-state index in [9.17, 15) is 19.2 Å². The number of rotatable bonds is 4. The van der Waals surface area contributed by atoms with Gasteiger partial charge in [-0.15, -0.1) is 0 Å². The second-order valence-electron chi connectivity index (χ2n) is 6.18. The Kier molecular flexibility index (Phi) is 4.92. The highest BCUT2D eigenvalue weighted by atomic mass is 16.2. The average molecular weight is 341 g/mol. The molecule has 0 radical (unpaired) electrons. The molecule has 0 bridgehead atoms. The minimum atomic E-state index is -0.604. The lowest BCUT2D eigenvalue weighted by Gasteiger charge is -2.32. The van der Waals surface area contributed by atoms with Crippen LogP contribution in [-0.4, -0.2) is 39.6 Å². The standard InChI is InChI=1S/C18H19N3O4/c22-15(9-14-10-19-18(25)20-17(14)24)21-8-4-7-13(11-21)16(23)12-5-2-1-3-6-12/h1-3,5-6,10,13H,4,7-9,11H2,(H2,19,20,24,25)/t13-/m0/s1. The second-order valence-corrected chi connectivity index (χ2v) is 6.18. The van der Waals surface area contributed by atoms with E-state index in [1.807, 2.05) is 18.2 Å². The number of H-pyrrole nitrogens is 2. The molecule has 7 nitrogen and oxygen atoms in total. The Bertz CT molecular complexity index is 885. The Hall–Kier alpha value is -2.96. The zero-order chi connectivity index (χ0) is 17.8. The summed E-state index contributed by atoms with van der Waals surface area (Å²) in [6.07, 6.45) is 2.65. The van der Waals surface area contributed by atoms with Crippen LogP contribution in [0.5, 0.6) is 0 Å². The zero-order valence-electron chi connectivity index (χ0n) is 13.7. The first kappa shape index (κ1) is 16.9. The third-order valence-electron chi connectivity index (χ3n) is 4.44. The number of aromatic nitrogens is 2. The first-order valence-electron chi connectivity index (χ1n) is 8.22. The van der Waals surface area contributed by atoms with Crippen molar-refractivity contribution in [1.82, 2.24) is 14.9 Å². The van der Waals surface area contributed by atoms with E-state index in [2.05, 4.69) is 9.97 Å². The molecule has 0 aliphatic carbocycles. The predicted octanol–water partition coefficient (Wildman–Crippen LogP) is 0.727. The van der Waals surface area contributed by atoms with Gasteiger partial charge in [-0.05, 0) is 12.8 Å². The predicted molar refractivity (Wildman–Crippen MR) is 91.5 cm³/mol. The minimum Gasteiger partial charge on any atom is -0.342 e. The van der Waals surface area contributed by atoms with E-state index in [1.165, 1.54) is 6.20 Å². The Morgan fingerprint density at radius 3 is 2.64 bits per heavy atom. The molecule has 1 aromatic heterocycles. The highest BCUT2D eigenvalue weighted by Crippen LogP contribution is 2.21. The molecule has 1 atom stereocenters. The van der Waals surface area contributed by atoms with Crippen molar-refractivity contribution >= 4 is 11.7 Å². The fraction of sp³-hybridized carbons (Fsp3) is 0.333. The number of hydrogen-bond acceptors (Lipinski definition) is 4. The summed E-state index contributed by atoms with van der Waals surface area (Å²) in [7, 11) is 0. The number of benzene rings is 1. The van der Waals surface area contributed by atoms with Gasteiger partial charge in [-0.2, -0.15) is 0 Å². The second kappa shape index (κ2) is 7.29. The molecular weight excluding hydrogens is 322 g/mol. The zero-order valence-corrected chi connectivity index (χ0v) is 13.7. The number of Topliss-reactive ketones (excluding diaryl/α,β-unsaturated/α-hetero) is 1. The molecule has 0 saturated carbocycles. The van der Waals surface area contributed by atoms with Crippen molar-refractivity contribution in [3.8, 4) is 0 Å². The Labute approximate surface area is 143 Å². The number of ketones is 1. The van der Waals surface area contributed by atoms with Gasteiger partial charge >= 0.3 is 5.69 Å². The SMILES string of the molecule is O=C(c1ccccc1)[C@H]1CCCN(C(=O)Cc2c[nH]c(=O)[nH]c2=O)C1.